The normalized spacial score (nSPS) is 17.0. The van der Waals surface area contributed by atoms with E-state index in [1.54, 1.807) is 12.1 Å². The Morgan fingerprint density at radius 1 is 1.23 bits per heavy atom. The molecule has 0 bridgehead atoms. The van der Waals surface area contributed by atoms with E-state index in [4.69, 9.17) is 16.3 Å². The van der Waals surface area contributed by atoms with Crippen LogP contribution in [0, 0.1) is 0 Å². The van der Waals surface area contributed by atoms with Crippen molar-refractivity contribution in [2.45, 2.75) is 50.0 Å². The third-order valence-electron chi connectivity index (χ3n) is 5.12. The monoisotopic (exact) mass is 466 g/mol. The number of sulfonamides is 1. The molecule has 0 saturated carbocycles. The van der Waals surface area contributed by atoms with Gasteiger partial charge in [-0.15, -0.1) is 0 Å². The first-order valence-corrected chi connectivity index (χ1v) is 11.9. The molecule has 1 aliphatic rings. The Morgan fingerprint density at radius 3 is 2.61 bits per heavy atom. The van der Waals surface area contributed by atoms with Crippen LogP contribution < -0.4 is 10.0 Å². The summed E-state index contributed by atoms with van der Waals surface area (Å²) >= 11 is 6.12. The van der Waals surface area contributed by atoms with Crippen molar-refractivity contribution in [3.8, 4) is 5.75 Å². The Morgan fingerprint density at radius 2 is 1.97 bits per heavy atom. The van der Waals surface area contributed by atoms with Gasteiger partial charge in [-0.25, -0.2) is 13.1 Å². The van der Waals surface area contributed by atoms with Crippen LogP contribution in [0.5, 0.6) is 5.75 Å². The second kappa shape index (κ2) is 9.16. The Balaban J connectivity index is 1.81. The lowest BCUT2D eigenvalue weighted by atomic mass is 9.87. The van der Waals surface area contributed by atoms with E-state index in [1.165, 1.54) is 24.3 Å². The predicted molar refractivity (Wildman–Crippen MR) is 120 cm³/mol. The third kappa shape index (κ3) is 5.77. The summed E-state index contributed by atoms with van der Waals surface area (Å²) in [6.07, 6.45) is 1.51. The maximum absolute atomic E-state index is 12.8. The quantitative estimate of drug-likeness (QED) is 0.557. The number of phenols is 1. The number of nitrogens with one attached hydrogen (secondary N) is 2. The molecule has 0 aromatic heterocycles. The number of rotatable bonds is 6. The van der Waals surface area contributed by atoms with Gasteiger partial charge in [0, 0.05) is 18.7 Å². The molecule has 31 heavy (non-hydrogen) atoms. The number of hydrogen-bond acceptors (Lipinski definition) is 5. The van der Waals surface area contributed by atoms with Crippen molar-refractivity contribution in [1.29, 1.82) is 0 Å². The maximum atomic E-state index is 12.8. The molecular formula is C22H27ClN2O5S. The SMILES string of the molecule is CC(C)(C)c1ccc(O)c(NC(=O)c2ccc(Cl)c(S(=O)(=O)NCC3CCCO3)c2)c1. The zero-order valence-corrected chi connectivity index (χ0v) is 19.3. The van der Waals surface area contributed by atoms with Crippen LogP contribution in [0.25, 0.3) is 0 Å². The van der Waals surface area contributed by atoms with E-state index in [2.05, 4.69) is 10.0 Å². The van der Waals surface area contributed by atoms with Crippen LogP contribution in [0.3, 0.4) is 0 Å². The second-order valence-corrected chi connectivity index (χ2v) is 10.7. The molecule has 2 aromatic carbocycles. The first-order chi connectivity index (χ1) is 14.5. The average Bonchev–Trinajstić information content (AvgIpc) is 3.21. The number of ether oxygens (including phenoxy) is 1. The number of hydrogen-bond donors (Lipinski definition) is 3. The highest BCUT2D eigenvalue weighted by Gasteiger charge is 2.24. The first-order valence-electron chi connectivity index (χ1n) is 10.0. The summed E-state index contributed by atoms with van der Waals surface area (Å²) in [6, 6.07) is 9.02. The Bertz CT molecular complexity index is 1070. The van der Waals surface area contributed by atoms with Crippen molar-refractivity contribution in [1.82, 2.24) is 4.72 Å². The number of benzene rings is 2. The number of anilines is 1. The molecule has 168 valence electrons. The van der Waals surface area contributed by atoms with Crippen molar-refractivity contribution in [3.63, 3.8) is 0 Å². The van der Waals surface area contributed by atoms with Gasteiger partial charge < -0.3 is 15.2 Å². The predicted octanol–water partition coefficient (Wildman–Crippen LogP) is 4.05. The van der Waals surface area contributed by atoms with Crippen LogP contribution in [0.15, 0.2) is 41.3 Å². The topological polar surface area (TPSA) is 105 Å². The minimum atomic E-state index is -3.93. The van der Waals surface area contributed by atoms with E-state index in [1.807, 2.05) is 20.8 Å². The van der Waals surface area contributed by atoms with E-state index in [-0.39, 0.29) is 45.0 Å². The van der Waals surface area contributed by atoms with Crippen LogP contribution in [0.1, 0.15) is 49.5 Å². The molecule has 1 unspecified atom stereocenters. The van der Waals surface area contributed by atoms with Gasteiger partial charge in [-0.1, -0.05) is 38.4 Å². The van der Waals surface area contributed by atoms with Gasteiger partial charge in [-0.05, 0) is 54.2 Å². The lowest BCUT2D eigenvalue weighted by Gasteiger charge is -2.20. The molecule has 1 atom stereocenters. The van der Waals surface area contributed by atoms with Gasteiger partial charge in [0.1, 0.15) is 10.6 Å². The number of aromatic hydroxyl groups is 1. The lowest BCUT2D eigenvalue weighted by Crippen LogP contribution is -2.32. The van der Waals surface area contributed by atoms with E-state index >= 15 is 0 Å². The van der Waals surface area contributed by atoms with Crippen molar-refractivity contribution < 1.29 is 23.1 Å². The Hall–Kier alpha value is -2.13. The fourth-order valence-electron chi connectivity index (χ4n) is 3.23. The zero-order valence-electron chi connectivity index (χ0n) is 17.7. The number of phenolic OH excluding ortho intramolecular Hbond substituents is 1. The summed E-state index contributed by atoms with van der Waals surface area (Å²) in [5, 5.41) is 12.8. The zero-order chi connectivity index (χ0) is 22.8. The summed E-state index contributed by atoms with van der Waals surface area (Å²) in [5.41, 5.74) is 1.10. The summed E-state index contributed by atoms with van der Waals surface area (Å²) in [6.45, 7) is 6.81. The van der Waals surface area contributed by atoms with Gasteiger partial charge in [0.25, 0.3) is 5.91 Å². The maximum Gasteiger partial charge on any atom is 0.255 e. The van der Waals surface area contributed by atoms with Crippen LogP contribution in [-0.2, 0) is 20.2 Å². The number of halogens is 1. The largest absolute Gasteiger partial charge is 0.506 e. The standard InChI is InChI=1S/C22H27ClN2O5S/c1-22(2,3)15-7-9-19(26)18(12-15)25-21(27)14-6-8-17(23)20(11-14)31(28,29)24-13-16-5-4-10-30-16/h6-9,11-12,16,24,26H,4-5,10,13H2,1-3H3,(H,25,27). The minimum Gasteiger partial charge on any atom is -0.506 e. The van der Waals surface area contributed by atoms with E-state index in [0.717, 1.165) is 18.4 Å². The Labute approximate surface area is 187 Å². The van der Waals surface area contributed by atoms with Crippen molar-refractivity contribution in [2.75, 3.05) is 18.5 Å². The molecule has 1 saturated heterocycles. The highest BCUT2D eigenvalue weighted by Crippen LogP contribution is 2.31. The van der Waals surface area contributed by atoms with Gasteiger partial charge in [-0.2, -0.15) is 0 Å². The fraction of sp³-hybridized carbons (Fsp3) is 0.409. The highest BCUT2D eigenvalue weighted by molar-refractivity contribution is 7.89. The molecule has 3 rings (SSSR count). The second-order valence-electron chi connectivity index (χ2n) is 8.57. The first kappa shape index (κ1) is 23.5. The summed E-state index contributed by atoms with van der Waals surface area (Å²) in [4.78, 5) is 12.6. The van der Waals surface area contributed by atoms with Gasteiger partial charge in [0.2, 0.25) is 10.0 Å². The Kier molecular flexibility index (Phi) is 6.95. The van der Waals surface area contributed by atoms with E-state index < -0.39 is 15.9 Å². The number of carbonyl (C=O) groups is 1. The highest BCUT2D eigenvalue weighted by atomic mass is 35.5. The fourth-order valence-corrected chi connectivity index (χ4v) is 4.82. The third-order valence-corrected chi connectivity index (χ3v) is 7.02. The van der Waals surface area contributed by atoms with Gasteiger partial charge in [0.15, 0.2) is 0 Å². The molecule has 1 heterocycles. The molecule has 1 amide bonds. The van der Waals surface area contributed by atoms with E-state index in [9.17, 15) is 18.3 Å². The molecule has 3 N–H and O–H groups in total. The minimum absolute atomic E-state index is 0.00830. The molecule has 1 aliphatic heterocycles. The van der Waals surface area contributed by atoms with E-state index in [0.29, 0.717) is 6.61 Å². The molecule has 1 fully saturated rings. The molecule has 0 radical (unpaired) electrons. The van der Waals surface area contributed by atoms with Gasteiger partial charge >= 0.3 is 0 Å². The van der Waals surface area contributed by atoms with Crippen molar-refractivity contribution in [3.05, 3.63) is 52.5 Å². The van der Waals surface area contributed by atoms with Crippen LogP contribution >= 0.6 is 11.6 Å². The lowest BCUT2D eigenvalue weighted by molar-refractivity contribution is 0.102. The van der Waals surface area contributed by atoms with Gasteiger partial charge in [0.05, 0.1) is 16.8 Å². The molecular weight excluding hydrogens is 440 g/mol. The van der Waals surface area contributed by atoms with Gasteiger partial charge in [-0.3, -0.25) is 4.79 Å². The summed E-state index contributed by atoms with van der Waals surface area (Å²) in [7, 11) is -3.93. The molecule has 7 nitrogen and oxygen atoms in total. The van der Waals surface area contributed by atoms with Crippen LogP contribution in [-0.4, -0.2) is 38.7 Å². The molecule has 9 heteroatoms. The van der Waals surface area contributed by atoms with Crippen molar-refractivity contribution >= 4 is 33.2 Å². The summed E-state index contributed by atoms with van der Waals surface area (Å²) in [5.74, 6) is -0.644. The molecule has 0 spiro atoms. The van der Waals surface area contributed by atoms with Crippen molar-refractivity contribution in [2.24, 2.45) is 0 Å². The average molecular weight is 467 g/mol. The van der Waals surface area contributed by atoms with Crippen LogP contribution in [0.2, 0.25) is 5.02 Å². The summed E-state index contributed by atoms with van der Waals surface area (Å²) < 4.78 is 33.4. The number of amides is 1. The molecule has 0 aliphatic carbocycles. The smallest absolute Gasteiger partial charge is 0.255 e. The van der Waals surface area contributed by atoms with Crippen LogP contribution in [0.4, 0.5) is 5.69 Å². The molecule has 2 aromatic rings. The number of carbonyl (C=O) groups excluding carboxylic acids is 1.